The van der Waals surface area contributed by atoms with Crippen LogP contribution in [0.2, 0.25) is 0 Å². The van der Waals surface area contributed by atoms with Crippen molar-refractivity contribution in [2.45, 2.75) is 49.9 Å². The van der Waals surface area contributed by atoms with Gasteiger partial charge in [0.15, 0.2) is 0 Å². The average molecular weight is 452 g/mol. The van der Waals surface area contributed by atoms with Crippen molar-refractivity contribution in [1.82, 2.24) is 9.55 Å². The normalized spacial score (nSPS) is 16.2. The second-order valence-corrected chi connectivity index (χ2v) is 9.28. The minimum Gasteiger partial charge on any atom is -0.384 e. The Morgan fingerprint density at radius 3 is 2.66 bits per heavy atom. The van der Waals surface area contributed by atoms with E-state index in [9.17, 15) is 4.79 Å². The van der Waals surface area contributed by atoms with E-state index in [1.807, 2.05) is 31.3 Å². The van der Waals surface area contributed by atoms with Gasteiger partial charge >= 0.3 is 0 Å². The van der Waals surface area contributed by atoms with Crippen LogP contribution in [0.4, 0.5) is 5.69 Å². The molecule has 3 aromatic rings. The van der Waals surface area contributed by atoms with Crippen LogP contribution in [0.15, 0.2) is 42.5 Å². The number of amidine groups is 1. The summed E-state index contributed by atoms with van der Waals surface area (Å²) < 4.78 is 2.11. The minimum absolute atomic E-state index is 0.0623. The Morgan fingerprint density at radius 2 is 2.00 bits per heavy atom. The first kappa shape index (κ1) is 22.3. The smallest absolute Gasteiger partial charge is 0.137 e. The first-order chi connectivity index (χ1) is 15.5. The molecule has 4 N–H and O–H groups in total. The Balaban J connectivity index is 1.55. The molecule has 1 heterocycles. The third-order valence-corrected chi connectivity index (χ3v) is 6.95. The summed E-state index contributed by atoms with van der Waals surface area (Å²) in [4.78, 5) is 16.1. The van der Waals surface area contributed by atoms with Crippen LogP contribution in [-0.2, 0) is 18.4 Å². The topological polar surface area (TPSA) is 96.8 Å². The summed E-state index contributed by atoms with van der Waals surface area (Å²) in [5.41, 5.74) is 10.5. The Hall–Kier alpha value is -2.86. The van der Waals surface area contributed by atoms with Gasteiger partial charge < -0.3 is 20.4 Å². The predicted molar refractivity (Wildman–Crippen MR) is 131 cm³/mol. The van der Waals surface area contributed by atoms with Crippen LogP contribution in [0.5, 0.6) is 0 Å². The SMILES string of the molecule is Cn1c(CNc2ccc(C(=N)N)cc2)nc2cc(C(CC(Cl)C=O)C3CCCC3)ccc21. The van der Waals surface area contributed by atoms with E-state index in [1.54, 1.807) is 0 Å². The minimum atomic E-state index is -0.450. The summed E-state index contributed by atoms with van der Waals surface area (Å²) >= 11 is 6.25. The third-order valence-electron chi connectivity index (χ3n) is 6.67. The molecule has 32 heavy (non-hydrogen) atoms. The van der Waals surface area contributed by atoms with Crippen LogP contribution < -0.4 is 11.1 Å². The van der Waals surface area contributed by atoms with Gasteiger partial charge in [-0.05, 0) is 73.1 Å². The van der Waals surface area contributed by atoms with E-state index in [0.29, 0.717) is 24.4 Å². The summed E-state index contributed by atoms with van der Waals surface area (Å²) in [6.07, 6.45) is 6.44. The molecule has 7 heteroatoms. The van der Waals surface area contributed by atoms with Gasteiger partial charge in [0.1, 0.15) is 17.9 Å². The second kappa shape index (κ2) is 9.74. The van der Waals surface area contributed by atoms with Gasteiger partial charge in [0, 0.05) is 18.3 Å². The molecule has 1 aliphatic carbocycles. The van der Waals surface area contributed by atoms with Crippen molar-refractivity contribution < 1.29 is 4.79 Å². The fourth-order valence-corrected chi connectivity index (χ4v) is 5.05. The number of aryl methyl sites for hydroxylation is 1. The molecule has 1 fully saturated rings. The lowest BCUT2D eigenvalue weighted by molar-refractivity contribution is -0.107. The number of alkyl halides is 1. The highest BCUT2D eigenvalue weighted by Gasteiger charge is 2.28. The van der Waals surface area contributed by atoms with Gasteiger partial charge in [0.05, 0.1) is 23.0 Å². The Bertz CT molecular complexity index is 1100. The van der Waals surface area contributed by atoms with Crippen LogP contribution in [0.25, 0.3) is 11.0 Å². The van der Waals surface area contributed by atoms with Crippen molar-refractivity contribution in [3.63, 3.8) is 0 Å². The molecule has 0 radical (unpaired) electrons. The fraction of sp³-hybridized carbons (Fsp3) is 0.400. The Kier molecular flexibility index (Phi) is 6.80. The molecule has 2 atom stereocenters. The van der Waals surface area contributed by atoms with E-state index in [4.69, 9.17) is 27.7 Å². The molecule has 0 aliphatic heterocycles. The first-order valence-corrected chi connectivity index (χ1v) is 11.6. The van der Waals surface area contributed by atoms with Crippen molar-refractivity contribution in [1.29, 1.82) is 5.41 Å². The largest absolute Gasteiger partial charge is 0.384 e. The monoisotopic (exact) mass is 451 g/mol. The lowest BCUT2D eigenvalue weighted by Crippen LogP contribution is -2.16. The van der Waals surface area contributed by atoms with E-state index in [2.05, 4.69) is 28.1 Å². The molecular weight excluding hydrogens is 422 g/mol. The number of hydrogen-bond acceptors (Lipinski definition) is 4. The fourth-order valence-electron chi connectivity index (χ4n) is 4.86. The number of aldehydes is 1. The Labute approximate surface area is 193 Å². The zero-order valence-corrected chi connectivity index (χ0v) is 19.1. The average Bonchev–Trinajstić information content (AvgIpc) is 3.44. The number of nitrogens with one attached hydrogen (secondary N) is 2. The zero-order valence-electron chi connectivity index (χ0n) is 18.4. The number of imidazole rings is 1. The van der Waals surface area contributed by atoms with E-state index >= 15 is 0 Å². The summed E-state index contributed by atoms with van der Waals surface area (Å²) in [7, 11) is 2.03. The summed E-state index contributed by atoms with van der Waals surface area (Å²) in [5, 5.41) is 10.4. The number of anilines is 1. The molecule has 0 saturated heterocycles. The van der Waals surface area contributed by atoms with E-state index in [0.717, 1.165) is 28.8 Å². The molecule has 2 aromatic carbocycles. The van der Waals surface area contributed by atoms with Crippen molar-refractivity contribution in [3.05, 3.63) is 59.4 Å². The number of carbonyl (C=O) groups is 1. The van der Waals surface area contributed by atoms with Crippen LogP contribution in [-0.4, -0.2) is 27.0 Å². The van der Waals surface area contributed by atoms with Gasteiger partial charge in [-0.15, -0.1) is 11.6 Å². The number of rotatable bonds is 9. The maximum atomic E-state index is 11.2. The first-order valence-electron chi connectivity index (χ1n) is 11.2. The molecule has 4 rings (SSSR count). The number of nitrogens with zero attached hydrogens (tertiary/aromatic N) is 2. The molecule has 0 amide bonds. The van der Waals surface area contributed by atoms with E-state index in [-0.39, 0.29) is 11.8 Å². The number of carbonyl (C=O) groups excluding carboxylic acids is 1. The summed E-state index contributed by atoms with van der Waals surface area (Å²) in [5.74, 6) is 1.87. The summed E-state index contributed by atoms with van der Waals surface area (Å²) in [6, 6.07) is 14.0. The molecule has 1 aliphatic rings. The van der Waals surface area contributed by atoms with E-state index < -0.39 is 5.38 Å². The maximum Gasteiger partial charge on any atom is 0.137 e. The van der Waals surface area contributed by atoms with E-state index in [1.165, 1.54) is 31.2 Å². The van der Waals surface area contributed by atoms with Crippen LogP contribution in [0.3, 0.4) is 0 Å². The van der Waals surface area contributed by atoms with Crippen LogP contribution in [0, 0.1) is 11.3 Å². The Morgan fingerprint density at radius 1 is 1.28 bits per heavy atom. The number of nitrogen functional groups attached to an aromatic ring is 1. The molecule has 1 aromatic heterocycles. The molecule has 0 bridgehead atoms. The number of hydrogen-bond donors (Lipinski definition) is 3. The third kappa shape index (κ3) is 4.80. The maximum absolute atomic E-state index is 11.2. The molecule has 2 unspecified atom stereocenters. The van der Waals surface area contributed by atoms with Crippen molar-refractivity contribution >= 4 is 40.4 Å². The molecule has 168 valence electrons. The van der Waals surface area contributed by atoms with Gasteiger partial charge in [-0.3, -0.25) is 5.41 Å². The molecule has 6 nitrogen and oxygen atoms in total. The van der Waals surface area contributed by atoms with Gasteiger partial charge in [-0.2, -0.15) is 0 Å². The number of fused-ring (bicyclic) bond motifs is 1. The van der Waals surface area contributed by atoms with Crippen molar-refractivity contribution in [2.24, 2.45) is 18.7 Å². The van der Waals surface area contributed by atoms with Crippen LogP contribution >= 0.6 is 11.6 Å². The van der Waals surface area contributed by atoms with Gasteiger partial charge in [0.2, 0.25) is 0 Å². The number of nitrogens with two attached hydrogens (primary N) is 1. The number of aromatic nitrogens is 2. The number of halogens is 1. The lowest BCUT2D eigenvalue weighted by atomic mass is 9.81. The second-order valence-electron chi connectivity index (χ2n) is 8.72. The van der Waals surface area contributed by atoms with Gasteiger partial charge in [-0.25, -0.2) is 4.98 Å². The number of benzene rings is 2. The highest BCUT2D eigenvalue weighted by atomic mass is 35.5. The highest BCUT2D eigenvalue weighted by Crippen LogP contribution is 2.41. The predicted octanol–water partition coefficient (Wildman–Crippen LogP) is 4.94. The van der Waals surface area contributed by atoms with Gasteiger partial charge in [-0.1, -0.05) is 18.9 Å². The van der Waals surface area contributed by atoms with Crippen molar-refractivity contribution in [3.8, 4) is 0 Å². The quantitative estimate of drug-likeness (QED) is 0.186. The zero-order chi connectivity index (χ0) is 22.7. The lowest BCUT2D eigenvalue weighted by Gasteiger charge is -2.24. The molecule has 1 saturated carbocycles. The van der Waals surface area contributed by atoms with Crippen LogP contribution in [0.1, 0.15) is 55.0 Å². The molecule has 0 spiro atoms. The van der Waals surface area contributed by atoms with Crippen molar-refractivity contribution in [2.75, 3.05) is 5.32 Å². The summed E-state index contributed by atoms with van der Waals surface area (Å²) in [6.45, 7) is 0.584. The van der Waals surface area contributed by atoms with Gasteiger partial charge in [0.25, 0.3) is 0 Å². The standard InChI is InChI=1S/C25H30ClN5O/c1-31-23-11-8-18(21(13-19(26)15-32)16-4-2-3-5-16)12-22(23)30-24(31)14-29-20-9-6-17(7-10-20)25(27)28/h6-12,15-16,19,21,29H,2-5,13-14H2,1H3,(H3,27,28). The highest BCUT2D eigenvalue weighted by molar-refractivity contribution is 6.27. The molecular formula is C25H30ClN5O.